The van der Waals surface area contributed by atoms with Crippen molar-refractivity contribution in [3.63, 3.8) is 0 Å². The van der Waals surface area contributed by atoms with Crippen LogP contribution in [0.4, 0.5) is 0 Å². The number of rotatable bonds is 7. The van der Waals surface area contributed by atoms with Crippen LogP contribution in [0.25, 0.3) is 0 Å². The van der Waals surface area contributed by atoms with Crippen molar-refractivity contribution in [3.05, 3.63) is 83.4 Å². The van der Waals surface area contributed by atoms with E-state index in [4.69, 9.17) is 28.4 Å². The Kier molecular flexibility index (Phi) is 5.87. The molecule has 7 nitrogen and oxygen atoms in total. The van der Waals surface area contributed by atoms with E-state index in [1.165, 1.54) is 0 Å². The summed E-state index contributed by atoms with van der Waals surface area (Å²) in [4.78, 5) is 0. The van der Waals surface area contributed by atoms with Crippen molar-refractivity contribution < 1.29 is 33.5 Å². The largest absolute Gasteiger partial charge is 0.497 e. The highest BCUT2D eigenvalue weighted by Crippen LogP contribution is 2.70. The Morgan fingerprint density at radius 1 is 0.800 bits per heavy atom. The van der Waals surface area contributed by atoms with E-state index in [2.05, 4.69) is 0 Å². The minimum absolute atomic E-state index is 0.527. The third kappa shape index (κ3) is 3.02. The molecule has 0 radical (unpaired) electrons. The molecule has 0 bridgehead atoms. The summed E-state index contributed by atoms with van der Waals surface area (Å²) in [6, 6.07) is 21.1. The quantitative estimate of drug-likeness (QED) is 0.550. The summed E-state index contributed by atoms with van der Waals surface area (Å²) in [7, 11) is 8.00. The van der Waals surface area contributed by atoms with Crippen LogP contribution in [-0.2, 0) is 20.7 Å². The van der Waals surface area contributed by atoms with E-state index in [0.717, 1.165) is 11.1 Å². The van der Waals surface area contributed by atoms with E-state index < -0.39 is 29.3 Å². The van der Waals surface area contributed by atoms with Crippen LogP contribution >= 0.6 is 0 Å². The van der Waals surface area contributed by atoms with E-state index in [1.807, 2.05) is 60.7 Å². The van der Waals surface area contributed by atoms with Crippen LogP contribution in [-0.4, -0.2) is 52.9 Å². The number of aliphatic hydroxyl groups excluding tert-OH is 1. The lowest BCUT2D eigenvalue weighted by Gasteiger charge is -2.43. The Balaban J connectivity index is 1.89. The summed E-state index contributed by atoms with van der Waals surface area (Å²) in [6.45, 7) is 0. The molecule has 3 aromatic rings. The van der Waals surface area contributed by atoms with Gasteiger partial charge < -0.3 is 33.5 Å². The fourth-order valence-corrected chi connectivity index (χ4v) is 6.09. The zero-order valence-corrected chi connectivity index (χ0v) is 20.5. The highest BCUT2D eigenvalue weighted by molar-refractivity contribution is 5.63. The molecule has 1 saturated carbocycles. The first kappa shape index (κ1) is 23.5. The second-order valence-corrected chi connectivity index (χ2v) is 8.74. The number of hydrogen-bond acceptors (Lipinski definition) is 7. The van der Waals surface area contributed by atoms with Gasteiger partial charge in [0, 0.05) is 26.4 Å². The van der Waals surface area contributed by atoms with Crippen molar-refractivity contribution >= 4 is 0 Å². The second-order valence-electron chi connectivity index (χ2n) is 8.74. The normalized spacial score (nSPS) is 28.7. The molecular formula is C28H30O7. The minimum atomic E-state index is -1.25. The molecule has 1 fully saturated rings. The van der Waals surface area contributed by atoms with Crippen molar-refractivity contribution in [1.29, 1.82) is 0 Å². The first-order valence-corrected chi connectivity index (χ1v) is 11.4. The van der Waals surface area contributed by atoms with E-state index in [-0.39, 0.29) is 0 Å². The van der Waals surface area contributed by atoms with E-state index in [1.54, 1.807) is 41.6 Å². The Labute approximate surface area is 205 Å². The minimum Gasteiger partial charge on any atom is -0.497 e. The van der Waals surface area contributed by atoms with Gasteiger partial charge >= 0.3 is 0 Å². The summed E-state index contributed by atoms with van der Waals surface area (Å²) >= 11 is 0. The van der Waals surface area contributed by atoms with Crippen LogP contribution in [0, 0.1) is 0 Å². The molecule has 0 saturated heterocycles. The van der Waals surface area contributed by atoms with Crippen LogP contribution in [0.15, 0.2) is 66.7 Å². The Morgan fingerprint density at radius 3 is 2.06 bits per heavy atom. The van der Waals surface area contributed by atoms with Gasteiger partial charge in [0.1, 0.15) is 29.1 Å². The molecule has 1 heterocycles. The summed E-state index contributed by atoms with van der Waals surface area (Å²) < 4.78 is 36.2. The first-order chi connectivity index (χ1) is 17.0. The molecule has 5 rings (SSSR count). The highest BCUT2D eigenvalue weighted by Gasteiger charge is 2.78. The number of methoxy groups -OCH3 is 5. The maximum atomic E-state index is 11.8. The van der Waals surface area contributed by atoms with Gasteiger partial charge in [0.2, 0.25) is 0 Å². The standard InChI is InChI=1S/C28H30O7/c1-30-19-13-11-18(12-14-19)27-23(17-9-7-6-8-10-17)25(29)26(33-4)28(27,34-5)24-21(32-3)15-20(31-2)16-22(24)35-27/h6-16,23,25-26,29H,1-5H3/t23-,25-,26-,27+,28+/m1/s1. The third-order valence-electron chi connectivity index (χ3n) is 7.43. The smallest absolute Gasteiger partial charge is 0.179 e. The molecule has 1 N–H and O–H groups in total. The molecule has 7 heteroatoms. The van der Waals surface area contributed by atoms with E-state index in [0.29, 0.717) is 28.6 Å². The second kappa shape index (κ2) is 8.75. The topological polar surface area (TPSA) is 75.6 Å². The van der Waals surface area contributed by atoms with Crippen molar-refractivity contribution in [3.8, 4) is 23.0 Å². The molecular weight excluding hydrogens is 448 g/mol. The summed E-state index contributed by atoms with van der Waals surface area (Å²) in [5.74, 6) is 1.84. The molecule has 1 aliphatic heterocycles. The lowest BCUT2D eigenvalue weighted by atomic mass is 9.71. The lowest BCUT2D eigenvalue weighted by Crippen LogP contribution is -2.53. The van der Waals surface area contributed by atoms with E-state index in [9.17, 15) is 5.11 Å². The fourth-order valence-electron chi connectivity index (χ4n) is 6.09. The SMILES string of the molecule is COc1ccc([C@@]23Oc4cc(OC)cc(OC)c4[C@]2(OC)[C@H](OC)[C@H](O)[C@H]3c2ccccc2)cc1. The third-order valence-corrected chi connectivity index (χ3v) is 7.43. The number of hydrogen-bond donors (Lipinski definition) is 1. The maximum absolute atomic E-state index is 11.8. The number of benzene rings is 3. The predicted molar refractivity (Wildman–Crippen MR) is 130 cm³/mol. The molecule has 0 aromatic heterocycles. The fraction of sp³-hybridized carbons (Fsp3) is 0.357. The van der Waals surface area contributed by atoms with Gasteiger partial charge in [0.05, 0.1) is 38.9 Å². The van der Waals surface area contributed by atoms with Gasteiger partial charge in [-0.05, 0) is 23.3 Å². The van der Waals surface area contributed by atoms with Gasteiger partial charge in [-0.25, -0.2) is 0 Å². The van der Waals surface area contributed by atoms with Gasteiger partial charge in [0.15, 0.2) is 11.2 Å². The number of aliphatic hydroxyl groups is 1. The molecule has 0 unspecified atom stereocenters. The van der Waals surface area contributed by atoms with Crippen LogP contribution < -0.4 is 18.9 Å². The average Bonchev–Trinajstić information content (AvgIpc) is 3.31. The first-order valence-electron chi connectivity index (χ1n) is 11.4. The molecule has 35 heavy (non-hydrogen) atoms. The number of fused-ring (bicyclic) bond motifs is 3. The van der Waals surface area contributed by atoms with Gasteiger partial charge in [-0.15, -0.1) is 0 Å². The van der Waals surface area contributed by atoms with Gasteiger partial charge in [-0.3, -0.25) is 0 Å². The van der Waals surface area contributed by atoms with Crippen molar-refractivity contribution in [2.75, 3.05) is 35.5 Å². The summed E-state index contributed by atoms with van der Waals surface area (Å²) in [5, 5.41) is 11.8. The van der Waals surface area contributed by atoms with Crippen molar-refractivity contribution in [2.24, 2.45) is 0 Å². The lowest BCUT2D eigenvalue weighted by molar-refractivity contribution is -0.183. The summed E-state index contributed by atoms with van der Waals surface area (Å²) in [5.41, 5.74) is -0.0653. The van der Waals surface area contributed by atoms with Crippen molar-refractivity contribution in [1.82, 2.24) is 0 Å². The van der Waals surface area contributed by atoms with Crippen LogP contribution in [0.2, 0.25) is 0 Å². The molecule has 1 aliphatic carbocycles. The van der Waals surface area contributed by atoms with Crippen LogP contribution in [0.5, 0.6) is 23.0 Å². The van der Waals surface area contributed by atoms with Gasteiger partial charge in [-0.2, -0.15) is 0 Å². The molecule has 2 aliphatic rings. The van der Waals surface area contributed by atoms with Gasteiger partial charge in [0.25, 0.3) is 0 Å². The molecule has 184 valence electrons. The zero-order valence-electron chi connectivity index (χ0n) is 20.5. The van der Waals surface area contributed by atoms with Crippen LogP contribution in [0.1, 0.15) is 22.6 Å². The predicted octanol–water partition coefficient (Wildman–Crippen LogP) is 4.02. The molecule has 5 atom stereocenters. The molecule has 3 aromatic carbocycles. The monoisotopic (exact) mass is 478 g/mol. The van der Waals surface area contributed by atoms with Crippen molar-refractivity contribution in [2.45, 2.75) is 29.3 Å². The van der Waals surface area contributed by atoms with Gasteiger partial charge in [-0.1, -0.05) is 42.5 Å². The maximum Gasteiger partial charge on any atom is 0.179 e. The Bertz CT molecular complexity index is 1200. The summed E-state index contributed by atoms with van der Waals surface area (Å²) in [6.07, 6.45) is -1.73. The molecule has 0 spiro atoms. The van der Waals surface area contributed by atoms with Crippen LogP contribution in [0.3, 0.4) is 0 Å². The zero-order chi connectivity index (χ0) is 24.8. The van der Waals surface area contributed by atoms with E-state index >= 15 is 0 Å². The Morgan fingerprint density at radius 2 is 1.49 bits per heavy atom. The number of ether oxygens (including phenoxy) is 6. The average molecular weight is 479 g/mol. The Hall–Kier alpha value is -3.26. The highest BCUT2D eigenvalue weighted by atomic mass is 16.6. The molecule has 0 amide bonds.